The quantitative estimate of drug-likeness (QED) is 0.233. The largest absolute Gasteiger partial charge is 0.458 e. The molecule has 0 N–H and O–H groups in total. The van der Waals surface area contributed by atoms with Crippen LogP contribution in [0.3, 0.4) is 0 Å². The first kappa shape index (κ1) is 20.5. The summed E-state index contributed by atoms with van der Waals surface area (Å²) >= 11 is 0. The van der Waals surface area contributed by atoms with Gasteiger partial charge < -0.3 is 4.74 Å². The van der Waals surface area contributed by atoms with Crippen molar-refractivity contribution in [2.45, 2.75) is 26.7 Å². The Hall–Kier alpha value is -2.54. The van der Waals surface area contributed by atoms with Crippen molar-refractivity contribution in [1.29, 1.82) is 0 Å². The fourth-order valence-corrected chi connectivity index (χ4v) is 1.42. The van der Waals surface area contributed by atoms with Gasteiger partial charge >= 0.3 is 0 Å². The van der Waals surface area contributed by atoms with Crippen molar-refractivity contribution < 1.29 is 4.74 Å². The molecule has 1 nitrogen and oxygen atoms in total. The van der Waals surface area contributed by atoms with Crippen molar-refractivity contribution in [3.05, 3.63) is 110 Å². The molecule has 0 saturated heterocycles. The second-order valence-corrected chi connectivity index (χ2v) is 5.62. The van der Waals surface area contributed by atoms with E-state index in [1.807, 2.05) is 26.0 Å². The highest BCUT2D eigenvalue weighted by molar-refractivity contribution is 5.45. The molecule has 0 aliphatic rings. The van der Waals surface area contributed by atoms with E-state index in [1.54, 1.807) is 12.2 Å². The molecule has 0 radical (unpaired) electrons. The minimum atomic E-state index is 0.476. The zero-order valence-electron chi connectivity index (χ0n) is 14.6. The van der Waals surface area contributed by atoms with E-state index in [4.69, 9.17) is 4.74 Å². The maximum absolute atomic E-state index is 5.56. The van der Waals surface area contributed by atoms with Crippen molar-refractivity contribution >= 4 is 0 Å². The summed E-state index contributed by atoms with van der Waals surface area (Å²) in [6, 6.07) is 0. The number of hydrogen-bond acceptors (Lipinski definition) is 1. The molecule has 0 heterocycles. The molecule has 0 aromatic rings. The third-order valence-corrected chi connectivity index (χ3v) is 2.95. The second kappa shape index (κ2) is 10.2. The van der Waals surface area contributed by atoms with Crippen molar-refractivity contribution in [3.8, 4) is 0 Å². The molecule has 0 aliphatic carbocycles. The van der Waals surface area contributed by atoms with E-state index in [-0.39, 0.29) is 0 Å². The summed E-state index contributed by atoms with van der Waals surface area (Å²) in [5.41, 5.74) is 4.49. The third kappa shape index (κ3) is 9.92. The molecule has 0 amide bonds. The Bertz CT molecular complexity index is 606. The van der Waals surface area contributed by atoms with Gasteiger partial charge in [-0.3, -0.25) is 0 Å². The summed E-state index contributed by atoms with van der Waals surface area (Å²) < 4.78 is 5.56. The summed E-state index contributed by atoms with van der Waals surface area (Å²) in [7, 11) is 0. The van der Waals surface area contributed by atoms with E-state index >= 15 is 0 Å². The van der Waals surface area contributed by atoms with Gasteiger partial charge in [-0.05, 0) is 49.5 Å². The third-order valence-electron chi connectivity index (χ3n) is 2.95. The van der Waals surface area contributed by atoms with Gasteiger partial charge in [0, 0.05) is 0 Å². The number of ether oxygens (including phenoxy) is 1. The summed E-state index contributed by atoms with van der Waals surface area (Å²) in [5, 5.41) is 0. The summed E-state index contributed by atoms with van der Waals surface area (Å²) in [4.78, 5) is 0. The van der Waals surface area contributed by atoms with Gasteiger partial charge in [0.1, 0.15) is 11.5 Å². The molecule has 0 atom stereocenters. The predicted octanol–water partition coefficient (Wildman–Crippen LogP) is 6.74. The highest BCUT2D eigenvalue weighted by Crippen LogP contribution is 2.19. The number of rotatable bonds is 11. The van der Waals surface area contributed by atoms with Gasteiger partial charge in [-0.2, -0.15) is 0 Å². The van der Waals surface area contributed by atoms with Crippen molar-refractivity contribution in [2.24, 2.45) is 0 Å². The van der Waals surface area contributed by atoms with Crippen LogP contribution in [0, 0.1) is 0 Å². The summed E-state index contributed by atoms with van der Waals surface area (Å²) in [5.74, 6) is 0.997. The lowest BCUT2D eigenvalue weighted by atomic mass is 10.1. The van der Waals surface area contributed by atoms with E-state index in [0.717, 1.165) is 40.7 Å². The Morgan fingerprint density at radius 3 is 1.74 bits per heavy atom. The van der Waals surface area contributed by atoms with Crippen molar-refractivity contribution in [1.82, 2.24) is 0 Å². The highest BCUT2D eigenvalue weighted by Gasteiger charge is 2.03. The van der Waals surface area contributed by atoms with Gasteiger partial charge in [-0.1, -0.05) is 68.8 Å². The van der Waals surface area contributed by atoms with E-state index in [2.05, 4.69) is 46.1 Å². The molecule has 0 aromatic heterocycles. The molecule has 122 valence electrons. The first-order valence-corrected chi connectivity index (χ1v) is 7.41. The Labute approximate surface area is 141 Å². The van der Waals surface area contributed by atoms with Crippen LogP contribution in [0.2, 0.25) is 0 Å². The zero-order chi connectivity index (χ0) is 18.0. The van der Waals surface area contributed by atoms with Gasteiger partial charge in [0.25, 0.3) is 0 Å². The van der Waals surface area contributed by atoms with Crippen LogP contribution in [0.5, 0.6) is 0 Å². The lowest BCUT2D eigenvalue weighted by molar-refractivity contribution is 0.331. The first-order valence-electron chi connectivity index (χ1n) is 7.41. The molecular weight excluding hydrogens is 280 g/mol. The molecule has 0 bridgehead atoms. The lowest BCUT2D eigenvalue weighted by Crippen LogP contribution is -1.93. The highest BCUT2D eigenvalue weighted by atomic mass is 16.5. The topological polar surface area (TPSA) is 9.23 Å². The van der Waals surface area contributed by atoms with E-state index in [9.17, 15) is 0 Å². The zero-order valence-corrected chi connectivity index (χ0v) is 14.6. The fraction of sp³-hybridized carbons (Fsp3) is 0.182. The van der Waals surface area contributed by atoms with Crippen LogP contribution >= 0.6 is 0 Å². The molecule has 0 fully saturated rings. The number of hydrogen-bond donors (Lipinski definition) is 0. The van der Waals surface area contributed by atoms with E-state index in [1.165, 1.54) is 0 Å². The van der Waals surface area contributed by atoms with E-state index < -0.39 is 0 Å². The molecule has 0 unspecified atom stereocenters. The van der Waals surface area contributed by atoms with Gasteiger partial charge in [-0.15, -0.1) is 6.58 Å². The van der Waals surface area contributed by atoms with Crippen molar-refractivity contribution in [3.63, 3.8) is 0 Å². The molecule has 23 heavy (non-hydrogen) atoms. The fourth-order valence-electron chi connectivity index (χ4n) is 1.42. The predicted molar refractivity (Wildman–Crippen MR) is 104 cm³/mol. The standard InChI is InChI=1S/C22H28O/c1-16(2)10-12-18(5)19(6)14-15-21(8)23-22(9)20(7)13-11-17(3)4/h10,12,14-15H,1,3,5-9,11,13H2,2,4H3/b12-10-,15-14-. The van der Waals surface area contributed by atoms with Crippen LogP contribution in [0.15, 0.2) is 110 Å². The first-order chi connectivity index (χ1) is 10.6. The minimum absolute atomic E-state index is 0.476. The van der Waals surface area contributed by atoms with Gasteiger partial charge in [-0.25, -0.2) is 0 Å². The van der Waals surface area contributed by atoms with E-state index in [0.29, 0.717) is 11.5 Å². The molecule has 1 heteroatoms. The molecule has 0 spiro atoms. The number of allylic oxidation sites excluding steroid dienone is 9. The van der Waals surface area contributed by atoms with Crippen LogP contribution in [-0.4, -0.2) is 0 Å². The lowest BCUT2D eigenvalue weighted by Gasteiger charge is -2.11. The van der Waals surface area contributed by atoms with Crippen LogP contribution in [-0.2, 0) is 4.74 Å². The Morgan fingerprint density at radius 1 is 0.739 bits per heavy atom. The minimum Gasteiger partial charge on any atom is -0.458 e. The maximum atomic E-state index is 5.56. The van der Waals surface area contributed by atoms with Gasteiger partial charge in [0.2, 0.25) is 0 Å². The SMILES string of the molecule is C=C(C)/C=C\C(=C)C(=C)/C=C\C(=C)OC(=C)C(=C)CCC(=C)C. The molecule has 0 aromatic carbocycles. The van der Waals surface area contributed by atoms with Gasteiger partial charge in [0.05, 0.1) is 0 Å². The second-order valence-electron chi connectivity index (χ2n) is 5.62. The van der Waals surface area contributed by atoms with Crippen LogP contribution < -0.4 is 0 Å². The Balaban J connectivity index is 4.48. The molecule has 0 aliphatic heterocycles. The monoisotopic (exact) mass is 308 g/mol. The van der Waals surface area contributed by atoms with Crippen LogP contribution in [0.4, 0.5) is 0 Å². The normalized spacial score (nSPS) is 10.5. The summed E-state index contributed by atoms with van der Waals surface area (Å²) in [6.45, 7) is 31.2. The maximum Gasteiger partial charge on any atom is 0.122 e. The average Bonchev–Trinajstić information content (AvgIpc) is 2.47. The van der Waals surface area contributed by atoms with Crippen LogP contribution in [0.1, 0.15) is 26.7 Å². The average molecular weight is 308 g/mol. The molecule has 0 saturated carbocycles. The molecular formula is C22H28O. The summed E-state index contributed by atoms with van der Waals surface area (Å²) in [6.07, 6.45) is 8.95. The smallest absolute Gasteiger partial charge is 0.122 e. The molecule has 0 rings (SSSR count). The Morgan fingerprint density at radius 2 is 1.26 bits per heavy atom. The Kier molecular flexibility index (Phi) is 9.10. The van der Waals surface area contributed by atoms with Crippen molar-refractivity contribution in [2.75, 3.05) is 0 Å². The van der Waals surface area contributed by atoms with Crippen LogP contribution in [0.25, 0.3) is 0 Å². The van der Waals surface area contributed by atoms with Gasteiger partial charge in [0.15, 0.2) is 0 Å².